The number of esters is 1. The van der Waals surface area contributed by atoms with E-state index in [1.165, 1.54) is 19.1 Å². The number of para-hydroxylation sites is 1. The number of urea groups is 1. The molecule has 200 valence electrons. The molecule has 0 unspecified atom stereocenters. The summed E-state index contributed by atoms with van der Waals surface area (Å²) in [6, 6.07) is 5.43. The zero-order valence-corrected chi connectivity index (χ0v) is 21.1. The van der Waals surface area contributed by atoms with Gasteiger partial charge in [-0.3, -0.25) is 24.3 Å². The Hall–Kier alpha value is -2.54. The van der Waals surface area contributed by atoms with Gasteiger partial charge in [0.1, 0.15) is 29.6 Å². The molecule has 0 spiro atoms. The minimum absolute atomic E-state index is 0.0102. The molecule has 3 amide bonds. The monoisotopic (exact) mass is 531 g/mol. The lowest BCUT2D eigenvalue weighted by Crippen LogP contribution is -2.60. The molecule has 13 nitrogen and oxygen atoms in total. The molecule has 0 aliphatic carbocycles. The number of aliphatic hydroxyl groups is 2. The number of ether oxygens (including phenoxy) is 2. The summed E-state index contributed by atoms with van der Waals surface area (Å²) >= 11 is 0. The number of benzene rings is 1. The minimum atomic E-state index is -4.75. The Bertz CT molecular complexity index is 1090. The van der Waals surface area contributed by atoms with Crippen molar-refractivity contribution in [2.24, 2.45) is 0 Å². The average Bonchev–Trinajstić information content (AvgIpc) is 3.03. The first-order valence-electron chi connectivity index (χ1n) is 12.3. The van der Waals surface area contributed by atoms with Gasteiger partial charge in [-0.25, -0.2) is 9.36 Å². The van der Waals surface area contributed by atoms with Gasteiger partial charge in [0.05, 0.1) is 15.4 Å². The van der Waals surface area contributed by atoms with Crippen molar-refractivity contribution >= 4 is 25.7 Å². The molecule has 0 aromatic heterocycles. The van der Waals surface area contributed by atoms with E-state index in [0.717, 1.165) is 11.8 Å². The number of hydrogen-bond acceptors (Lipinski definition) is 10. The molecular formula is C22H32N3O10P. The number of hydrogen-bond donors (Lipinski definition) is 4. The lowest BCUT2D eigenvalue weighted by Gasteiger charge is -2.37. The number of rotatable bonds is 10. The second kappa shape index (κ2) is 11.2. The van der Waals surface area contributed by atoms with Gasteiger partial charge in [-0.15, -0.1) is 0 Å². The second-order valence-corrected chi connectivity index (χ2v) is 10.4. The lowest BCUT2D eigenvalue weighted by molar-refractivity contribution is -0.149. The predicted molar refractivity (Wildman–Crippen MR) is 125 cm³/mol. The summed E-state index contributed by atoms with van der Waals surface area (Å²) in [5.74, 6) is -1.35. The Kier molecular flexibility index (Phi) is 7.85. The Labute approximate surface area is 211 Å². The Morgan fingerprint density at radius 1 is 1.36 bits per heavy atom. The van der Waals surface area contributed by atoms with Crippen molar-refractivity contribution in [3.05, 3.63) is 30.3 Å². The molecule has 36 heavy (non-hydrogen) atoms. The smallest absolute Gasteiger partial charge is 0.459 e. The maximum atomic E-state index is 13.8. The molecule has 1 aromatic carbocycles. The van der Waals surface area contributed by atoms with Crippen LogP contribution in [0.15, 0.2) is 30.3 Å². The van der Waals surface area contributed by atoms with Crippen LogP contribution in [0.1, 0.15) is 36.9 Å². The molecule has 0 radical (unpaired) electrons. The molecule has 2 aliphatic heterocycles. The first kappa shape index (κ1) is 25.1. The van der Waals surface area contributed by atoms with Crippen LogP contribution in [-0.2, 0) is 28.2 Å². The summed E-state index contributed by atoms with van der Waals surface area (Å²) < 4.78 is 52.1. The SMILES string of the molecule is [2H]C([2H])(O[P@@](=O)(N[C@@H](C)C(=O)OC(C)C)Oc1ccccc1)[C@H]1O[C@@H](N2CCC(=O)NC2=O)[C@](C)(O)[C@@H]1O. The maximum Gasteiger partial charge on any atom is 0.459 e. The van der Waals surface area contributed by atoms with Gasteiger partial charge in [0.25, 0.3) is 0 Å². The Morgan fingerprint density at radius 2 is 2.03 bits per heavy atom. The number of nitrogens with one attached hydrogen (secondary N) is 2. The molecule has 2 saturated heterocycles. The van der Waals surface area contributed by atoms with Crippen LogP contribution in [-0.4, -0.2) is 82.3 Å². The summed E-state index contributed by atoms with van der Waals surface area (Å²) in [6.07, 6.45) is -6.16. The van der Waals surface area contributed by atoms with Crippen LogP contribution >= 0.6 is 7.75 Å². The Balaban J connectivity index is 1.87. The molecule has 3 rings (SSSR count). The second-order valence-electron chi connectivity index (χ2n) is 8.82. The fourth-order valence-electron chi connectivity index (χ4n) is 3.52. The average molecular weight is 531 g/mol. The van der Waals surface area contributed by atoms with Crippen LogP contribution in [0.2, 0.25) is 0 Å². The van der Waals surface area contributed by atoms with Crippen molar-refractivity contribution in [3.63, 3.8) is 0 Å². The van der Waals surface area contributed by atoms with Gasteiger partial charge in [0.2, 0.25) is 5.91 Å². The molecule has 4 N–H and O–H groups in total. The third-order valence-electron chi connectivity index (χ3n) is 5.35. The zero-order valence-electron chi connectivity index (χ0n) is 22.2. The van der Waals surface area contributed by atoms with Crippen LogP contribution in [0.5, 0.6) is 5.75 Å². The minimum Gasteiger partial charge on any atom is -0.462 e. The fourth-order valence-corrected chi connectivity index (χ4v) is 4.89. The van der Waals surface area contributed by atoms with Crippen LogP contribution in [0, 0.1) is 0 Å². The van der Waals surface area contributed by atoms with Crippen molar-refractivity contribution in [2.75, 3.05) is 13.1 Å². The predicted octanol–water partition coefficient (Wildman–Crippen LogP) is 0.898. The molecule has 0 saturated carbocycles. The van der Waals surface area contributed by atoms with E-state index >= 15 is 0 Å². The number of carbonyl (C=O) groups is 3. The van der Waals surface area contributed by atoms with Gasteiger partial charge in [-0.2, -0.15) is 5.09 Å². The van der Waals surface area contributed by atoms with Crippen LogP contribution in [0.25, 0.3) is 0 Å². The highest BCUT2D eigenvalue weighted by Gasteiger charge is 2.56. The third-order valence-corrected chi connectivity index (χ3v) is 6.85. The van der Waals surface area contributed by atoms with E-state index in [2.05, 4.69) is 10.4 Å². The van der Waals surface area contributed by atoms with Crippen LogP contribution in [0.3, 0.4) is 0 Å². The molecule has 2 heterocycles. The largest absolute Gasteiger partial charge is 0.462 e. The van der Waals surface area contributed by atoms with Crippen LogP contribution < -0.4 is 14.9 Å². The van der Waals surface area contributed by atoms with Crippen molar-refractivity contribution in [1.82, 2.24) is 15.3 Å². The number of nitrogens with zero attached hydrogens (tertiary/aromatic N) is 1. The number of carbonyl (C=O) groups excluding carboxylic acids is 3. The normalized spacial score (nSPS) is 30.2. The summed E-state index contributed by atoms with van der Waals surface area (Å²) in [4.78, 5) is 37.1. The van der Waals surface area contributed by atoms with Crippen molar-refractivity contribution < 1.29 is 50.4 Å². The lowest BCUT2D eigenvalue weighted by atomic mass is 9.96. The highest BCUT2D eigenvalue weighted by molar-refractivity contribution is 7.52. The molecule has 0 bridgehead atoms. The summed E-state index contributed by atoms with van der Waals surface area (Å²) in [5.41, 5.74) is -2.22. The van der Waals surface area contributed by atoms with E-state index in [0.29, 0.717) is 0 Å². The zero-order chi connectivity index (χ0) is 28.5. The van der Waals surface area contributed by atoms with E-state index in [9.17, 15) is 29.2 Å². The molecule has 2 aliphatic rings. The van der Waals surface area contributed by atoms with Gasteiger partial charge >= 0.3 is 19.7 Å². The van der Waals surface area contributed by atoms with E-state index in [1.54, 1.807) is 32.0 Å². The first-order chi connectivity index (χ1) is 17.6. The van der Waals surface area contributed by atoms with Gasteiger partial charge < -0.3 is 24.2 Å². The molecule has 14 heteroatoms. The van der Waals surface area contributed by atoms with Crippen molar-refractivity contribution in [3.8, 4) is 5.75 Å². The quantitative estimate of drug-likeness (QED) is 0.250. The van der Waals surface area contributed by atoms with Crippen molar-refractivity contribution in [2.45, 2.75) is 70.3 Å². The topological polar surface area (TPSA) is 173 Å². The van der Waals surface area contributed by atoms with E-state index in [-0.39, 0.29) is 18.7 Å². The molecule has 2 fully saturated rings. The summed E-state index contributed by atoms with van der Waals surface area (Å²) in [7, 11) is -4.75. The van der Waals surface area contributed by atoms with Crippen LogP contribution in [0.4, 0.5) is 4.79 Å². The van der Waals surface area contributed by atoms with E-state index in [1.807, 2.05) is 0 Å². The first-order valence-corrected chi connectivity index (χ1v) is 12.8. The fraction of sp³-hybridized carbons (Fsp3) is 0.591. The highest BCUT2D eigenvalue weighted by Crippen LogP contribution is 2.46. The van der Waals surface area contributed by atoms with Gasteiger partial charge in [-0.05, 0) is 39.8 Å². The molecular weight excluding hydrogens is 497 g/mol. The molecule has 1 aromatic rings. The van der Waals surface area contributed by atoms with Gasteiger partial charge in [0.15, 0.2) is 6.23 Å². The number of aliphatic hydroxyl groups excluding tert-OH is 1. The number of imide groups is 1. The summed E-state index contributed by atoms with van der Waals surface area (Å²) in [5, 5.41) is 26.1. The molecule has 6 atom stereocenters. The van der Waals surface area contributed by atoms with Gasteiger partial charge in [0, 0.05) is 13.0 Å². The van der Waals surface area contributed by atoms with Crippen molar-refractivity contribution in [1.29, 1.82) is 0 Å². The van der Waals surface area contributed by atoms with Gasteiger partial charge in [-0.1, -0.05) is 18.2 Å². The summed E-state index contributed by atoms with van der Waals surface area (Å²) in [6.45, 7) is 2.37. The van der Waals surface area contributed by atoms with E-state index in [4.69, 9.17) is 21.3 Å². The maximum absolute atomic E-state index is 13.8. The highest BCUT2D eigenvalue weighted by atomic mass is 31.2. The Morgan fingerprint density at radius 3 is 2.64 bits per heavy atom. The standard InChI is InChI=1S/C22H32N3O10P/c1-13(2)33-19(28)14(3)24-36(31,35-15-8-6-5-7-9-15)32-12-16-18(27)22(4,30)20(34-16)25-11-10-17(26)23-21(25)29/h5-9,13-14,16,18,20,27,30H,10-12H2,1-4H3,(H,24,31)(H,23,26,29)/t14-,16+,18+,20+,22+,36-/m0/s1/i12D2. The van der Waals surface area contributed by atoms with E-state index < -0.39 is 68.4 Å². The number of amides is 3. The third kappa shape index (κ3) is 6.61.